The lowest BCUT2D eigenvalue weighted by molar-refractivity contribution is 0.0948. The van der Waals surface area contributed by atoms with E-state index in [0.717, 1.165) is 10.9 Å². The van der Waals surface area contributed by atoms with E-state index in [1.54, 1.807) is 44.5 Å². The Kier molecular flexibility index (Phi) is 6.28. The number of hydrogen-bond donors (Lipinski definition) is 1. The van der Waals surface area contributed by atoms with Crippen molar-refractivity contribution in [3.63, 3.8) is 0 Å². The van der Waals surface area contributed by atoms with Crippen molar-refractivity contribution >= 4 is 40.2 Å². The summed E-state index contributed by atoms with van der Waals surface area (Å²) in [5, 5.41) is 3.99. The molecule has 0 saturated carbocycles. The van der Waals surface area contributed by atoms with Gasteiger partial charge in [-0.25, -0.2) is 9.18 Å². The summed E-state index contributed by atoms with van der Waals surface area (Å²) in [6.07, 6.45) is 0. The largest absolute Gasteiger partial charge is 0.497 e. The molecule has 9 heteroatoms. The molecule has 0 bridgehead atoms. The molecule has 1 N–H and O–H groups in total. The number of anilines is 1. The molecule has 0 aliphatic carbocycles. The van der Waals surface area contributed by atoms with Crippen LogP contribution in [0.25, 0.3) is 11.0 Å². The molecular weight excluding hydrogens is 485 g/mol. The molecule has 1 aliphatic rings. The molecular formula is C27H23ClFN3O4. The number of rotatable bonds is 6. The third-order valence-electron chi connectivity index (χ3n) is 6.18. The van der Waals surface area contributed by atoms with Gasteiger partial charge in [0.15, 0.2) is 0 Å². The molecule has 7 nitrogen and oxygen atoms in total. The quantitative estimate of drug-likeness (QED) is 0.361. The fourth-order valence-electron chi connectivity index (χ4n) is 4.27. The first-order chi connectivity index (χ1) is 17.3. The molecule has 5 rings (SSSR count). The van der Waals surface area contributed by atoms with E-state index in [9.17, 15) is 14.0 Å². The van der Waals surface area contributed by atoms with Gasteiger partial charge in [0.05, 0.1) is 25.9 Å². The van der Waals surface area contributed by atoms with E-state index < -0.39 is 5.82 Å². The number of carbonyl (C=O) groups excluding carboxylic acids is 2. The van der Waals surface area contributed by atoms with E-state index in [1.807, 2.05) is 18.2 Å². The predicted molar refractivity (Wildman–Crippen MR) is 135 cm³/mol. The molecule has 1 aromatic heterocycles. The standard InChI is InChI=1S/C27H23ClFN3O4/c1-31-14-18-7-6-17(11-24(18)32(27(31)34)15-21-22(28)4-3-5-23(21)29)26(33)30-13-20-10-16-8-9-19(35-2)12-25(16)36-20/h3-12H,13-15H2,1-2H3,(H,30,33). The molecule has 3 aromatic carbocycles. The number of fused-ring (bicyclic) bond motifs is 2. The van der Waals surface area contributed by atoms with Gasteiger partial charge in [-0.2, -0.15) is 0 Å². The van der Waals surface area contributed by atoms with Crippen LogP contribution in [0.1, 0.15) is 27.2 Å². The van der Waals surface area contributed by atoms with Crippen LogP contribution in [0.15, 0.2) is 65.1 Å². The van der Waals surface area contributed by atoms with Crippen LogP contribution >= 0.6 is 11.6 Å². The molecule has 0 saturated heterocycles. The number of halogens is 2. The van der Waals surface area contributed by atoms with Crippen molar-refractivity contribution in [3.8, 4) is 5.75 Å². The van der Waals surface area contributed by atoms with Crippen LogP contribution in [-0.2, 0) is 19.6 Å². The monoisotopic (exact) mass is 507 g/mol. The summed E-state index contributed by atoms with van der Waals surface area (Å²) >= 11 is 6.22. The summed E-state index contributed by atoms with van der Waals surface area (Å²) in [5.74, 6) is 0.452. The Labute approximate surface area is 212 Å². The summed E-state index contributed by atoms with van der Waals surface area (Å²) in [7, 11) is 3.26. The highest BCUT2D eigenvalue weighted by Gasteiger charge is 2.30. The first kappa shape index (κ1) is 23.7. The predicted octanol–water partition coefficient (Wildman–Crippen LogP) is 5.74. The lowest BCUT2D eigenvalue weighted by Crippen LogP contribution is -2.45. The average molecular weight is 508 g/mol. The van der Waals surface area contributed by atoms with Gasteiger partial charge in [0.1, 0.15) is 22.9 Å². The number of ether oxygens (including phenoxy) is 1. The maximum Gasteiger partial charge on any atom is 0.324 e. The van der Waals surface area contributed by atoms with E-state index in [0.29, 0.717) is 34.9 Å². The van der Waals surface area contributed by atoms with Gasteiger partial charge in [-0.15, -0.1) is 0 Å². The number of carbonyl (C=O) groups is 2. The number of hydrogen-bond acceptors (Lipinski definition) is 4. The van der Waals surface area contributed by atoms with E-state index in [1.165, 1.54) is 21.9 Å². The first-order valence-electron chi connectivity index (χ1n) is 11.3. The topological polar surface area (TPSA) is 75.0 Å². The molecule has 0 radical (unpaired) electrons. The second-order valence-electron chi connectivity index (χ2n) is 8.57. The van der Waals surface area contributed by atoms with Gasteiger partial charge in [0, 0.05) is 41.2 Å². The van der Waals surface area contributed by atoms with Crippen molar-refractivity contribution in [2.45, 2.75) is 19.6 Å². The fraction of sp³-hybridized carbons (Fsp3) is 0.185. The maximum atomic E-state index is 14.5. The zero-order valence-electron chi connectivity index (χ0n) is 19.7. The van der Waals surface area contributed by atoms with Crippen LogP contribution in [0.5, 0.6) is 5.75 Å². The number of benzene rings is 3. The fourth-order valence-corrected chi connectivity index (χ4v) is 4.49. The zero-order chi connectivity index (χ0) is 25.4. The molecule has 1 aliphatic heterocycles. The highest BCUT2D eigenvalue weighted by Crippen LogP contribution is 2.32. The minimum atomic E-state index is -0.498. The Morgan fingerprint density at radius 2 is 2.00 bits per heavy atom. The average Bonchev–Trinajstić information content (AvgIpc) is 3.28. The van der Waals surface area contributed by atoms with E-state index in [2.05, 4.69) is 5.32 Å². The maximum absolute atomic E-state index is 14.5. The number of nitrogens with zero attached hydrogens (tertiary/aromatic N) is 2. The molecule has 184 valence electrons. The summed E-state index contributed by atoms with van der Waals surface area (Å²) in [5.41, 5.74) is 2.63. The van der Waals surface area contributed by atoms with Gasteiger partial charge in [-0.1, -0.05) is 23.7 Å². The Morgan fingerprint density at radius 3 is 2.78 bits per heavy atom. The lowest BCUT2D eigenvalue weighted by atomic mass is 10.0. The normalized spacial score (nSPS) is 13.2. The van der Waals surface area contributed by atoms with Crippen molar-refractivity contribution in [1.82, 2.24) is 10.2 Å². The van der Waals surface area contributed by atoms with E-state index in [4.69, 9.17) is 20.8 Å². The lowest BCUT2D eigenvalue weighted by Gasteiger charge is -2.35. The minimum absolute atomic E-state index is 0.0603. The minimum Gasteiger partial charge on any atom is -0.497 e. The van der Waals surface area contributed by atoms with Crippen LogP contribution in [0.2, 0.25) is 5.02 Å². The van der Waals surface area contributed by atoms with Gasteiger partial charge in [0.25, 0.3) is 5.91 Å². The van der Waals surface area contributed by atoms with Crippen molar-refractivity contribution in [2.75, 3.05) is 19.1 Å². The molecule has 2 heterocycles. The SMILES string of the molecule is COc1ccc2cc(CNC(=O)c3ccc4c(c3)N(Cc3c(F)cccc3Cl)C(=O)N(C)C4)oc2c1. The Morgan fingerprint density at radius 1 is 1.17 bits per heavy atom. The molecule has 0 atom stereocenters. The number of urea groups is 1. The first-order valence-corrected chi connectivity index (χ1v) is 11.6. The van der Waals surface area contributed by atoms with Gasteiger partial charge >= 0.3 is 6.03 Å². The Hall–Kier alpha value is -4.04. The van der Waals surface area contributed by atoms with Gasteiger partial charge in [-0.3, -0.25) is 9.69 Å². The zero-order valence-corrected chi connectivity index (χ0v) is 20.4. The number of nitrogens with one attached hydrogen (secondary N) is 1. The molecule has 0 fully saturated rings. The summed E-state index contributed by atoms with van der Waals surface area (Å²) < 4.78 is 25.5. The summed E-state index contributed by atoms with van der Waals surface area (Å²) in [6, 6.07) is 16.6. The second-order valence-corrected chi connectivity index (χ2v) is 8.97. The molecule has 3 amide bonds. The van der Waals surface area contributed by atoms with Crippen molar-refractivity contribution in [3.05, 3.63) is 94.0 Å². The second kappa shape index (κ2) is 9.54. The van der Waals surface area contributed by atoms with Gasteiger partial charge in [0.2, 0.25) is 0 Å². The Balaban J connectivity index is 1.38. The van der Waals surface area contributed by atoms with Crippen LogP contribution in [0.3, 0.4) is 0 Å². The molecule has 0 spiro atoms. The van der Waals surface area contributed by atoms with Gasteiger partial charge in [-0.05, 0) is 48.0 Å². The number of amides is 3. The van der Waals surface area contributed by atoms with Crippen LogP contribution in [0, 0.1) is 5.82 Å². The highest BCUT2D eigenvalue weighted by atomic mass is 35.5. The van der Waals surface area contributed by atoms with Crippen LogP contribution < -0.4 is 15.0 Å². The molecule has 0 unspecified atom stereocenters. The smallest absolute Gasteiger partial charge is 0.324 e. The third kappa shape index (κ3) is 4.47. The van der Waals surface area contributed by atoms with E-state index >= 15 is 0 Å². The summed E-state index contributed by atoms with van der Waals surface area (Å²) in [4.78, 5) is 28.9. The third-order valence-corrected chi connectivity index (χ3v) is 6.54. The number of furan rings is 1. The highest BCUT2D eigenvalue weighted by molar-refractivity contribution is 6.31. The van der Waals surface area contributed by atoms with E-state index in [-0.39, 0.29) is 35.6 Å². The molecule has 4 aromatic rings. The van der Waals surface area contributed by atoms with Crippen molar-refractivity contribution in [1.29, 1.82) is 0 Å². The van der Waals surface area contributed by atoms with Crippen LogP contribution in [0.4, 0.5) is 14.9 Å². The van der Waals surface area contributed by atoms with Gasteiger partial charge < -0.3 is 19.4 Å². The Bertz CT molecular complexity index is 1470. The summed E-state index contributed by atoms with van der Waals surface area (Å²) in [6.45, 7) is 0.498. The van der Waals surface area contributed by atoms with Crippen molar-refractivity contribution < 1.29 is 23.1 Å². The van der Waals surface area contributed by atoms with Crippen LogP contribution in [-0.4, -0.2) is 31.0 Å². The number of methoxy groups -OCH3 is 1. The molecule has 36 heavy (non-hydrogen) atoms. The van der Waals surface area contributed by atoms with Crippen molar-refractivity contribution in [2.24, 2.45) is 0 Å².